The normalized spacial score (nSPS) is 10.5. The summed E-state index contributed by atoms with van der Waals surface area (Å²) < 4.78 is 9.23. The third kappa shape index (κ3) is 4.75. The van der Waals surface area contributed by atoms with Gasteiger partial charge in [-0.05, 0) is 26.0 Å². The van der Waals surface area contributed by atoms with Crippen molar-refractivity contribution in [3.05, 3.63) is 65.6 Å². The molecule has 3 N–H and O–H groups in total. The molecule has 0 atom stereocenters. The van der Waals surface area contributed by atoms with Gasteiger partial charge >= 0.3 is 0 Å². The van der Waals surface area contributed by atoms with Gasteiger partial charge in [0.2, 0.25) is 0 Å². The molecule has 1 amide bonds. The Balaban J connectivity index is 0.000000913. The van der Waals surface area contributed by atoms with E-state index in [0.717, 1.165) is 34.1 Å². The zero-order valence-electron chi connectivity index (χ0n) is 18.0. The smallest absolute Gasteiger partial charge is 0.251 e. The highest BCUT2D eigenvalue weighted by molar-refractivity contribution is 5.95. The van der Waals surface area contributed by atoms with Crippen molar-refractivity contribution in [2.75, 3.05) is 12.3 Å². The summed E-state index contributed by atoms with van der Waals surface area (Å²) in [6.45, 7) is 6.43. The maximum Gasteiger partial charge on any atom is 0.251 e. The van der Waals surface area contributed by atoms with E-state index in [1.165, 1.54) is 0 Å². The Bertz CT molecular complexity index is 1240. The molecule has 4 rings (SSSR count). The lowest BCUT2D eigenvalue weighted by atomic mass is 10.1. The van der Waals surface area contributed by atoms with Gasteiger partial charge in [-0.2, -0.15) is 0 Å². The maximum atomic E-state index is 12.6. The highest BCUT2D eigenvalue weighted by Gasteiger charge is 2.17. The molecule has 166 valence electrons. The Morgan fingerprint density at radius 2 is 2.06 bits per heavy atom. The van der Waals surface area contributed by atoms with Crippen LogP contribution in [0.4, 0.5) is 5.69 Å². The molecule has 0 unspecified atom stereocenters. The number of carbonyl (C=O) groups is 2. The average Bonchev–Trinajstić information content (AvgIpc) is 3.31. The number of aryl methyl sites for hydroxylation is 3. The number of amides is 1. The van der Waals surface area contributed by atoms with Crippen molar-refractivity contribution < 1.29 is 23.8 Å². The van der Waals surface area contributed by atoms with E-state index < -0.39 is 6.47 Å². The standard InChI is InChI=1S/C21H22N6O2.CH2O2/c1-13-10-17(22)5-7-26(13)9-6-23-21(28)16-4-8-27-18(12-24-19(27)11-16)20-14(2)25-29-15(20)3;2-1-3/h4-5,7-8,10-12,22H,6,9H2,1-3H3,(H,23,28);1H,(H,2,3). The number of rotatable bonds is 5. The van der Waals surface area contributed by atoms with E-state index in [1.54, 1.807) is 18.3 Å². The minimum Gasteiger partial charge on any atom is -0.554 e. The Kier molecular flexibility index (Phi) is 6.83. The highest BCUT2D eigenvalue weighted by Crippen LogP contribution is 2.27. The van der Waals surface area contributed by atoms with Crippen molar-refractivity contribution >= 4 is 23.7 Å². The SMILES string of the molecule is Cc1noc(C)c1-c1cnc2cc(C(=O)NCC[n+]3ccc(N)cc3C)ccn12.O=C[O-]. The second kappa shape index (κ2) is 9.73. The predicted octanol–water partition coefficient (Wildman–Crippen LogP) is 0.580. The summed E-state index contributed by atoms with van der Waals surface area (Å²) in [5.74, 6) is 0.602. The van der Waals surface area contributed by atoms with E-state index >= 15 is 0 Å². The summed E-state index contributed by atoms with van der Waals surface area (Å²) in [5.41, 5.74) is 11.4. The lowest BCUT2D eigenvalue weighted by Gasteiger charge is -2.06. The number of nitrogens with zero attached hydrogens (tertiary/aromatic N) is 4. The van der Waals surface area contributed by atoms with Gasteiger partial charge in [0, 0.05) is 43.0 Å². The molecule has 0 fully saturated rings. The predicted molar refractivity (Wildman–Crippen MR) is 114 cm³/mol. The number of pyridine rings is 2. The van der Waals surface area contributed by atoms with Gasteiger partial charge in [-0.1, -0.05) is 5.16 Å². The molecule has 0 saturated heterocycles. The molecule has 0 radical (unpaired) electrons. The van der Waals surface area contributed by atoms with Crippen molar-refractivity contribution in [3.63, 3.8) is 0 Å². The van der Waals surface area contributed by atoms with Crippen LogP contribution in [-0.4, -0.2) is 33.5 Å². The Labute approximate surface area is 184 Å². The largest absolute Gasteiger partial charge is 0.554 e. The molecular weight excluding hydrogens is 412 g/mol. The van der Waals surface area contributed by atoms with Crippen LogP contribution >= 0.6 is 0 Å². The molecule has 10 nitrogen and oxygen atoms in total. The second-order valence-corrected chi connectivity index (χ2v) is 7.13. The van der Waals surface area contributed by atoms with Gasteiger partial charge < -0.3 is 25.5 Å². The van der Waals surface area contributed by atoms with E-state index in [4.69, 9.17) is 20.2 Å². The zero-order chi connectivity index (χ0) is 23.3. The summed E-state index contributed by atoms with van der Waals surface area (Å²) in [6, 6.07) is 7.31. The molecule has 10 heteroatoms. The lowest BCUT2D eigenvalue weighted by molar-refractivity contribution is -0.700. The fourth-order valence-electron chi connectivity index (χ4n) is 3.46. The van der Waals surface area contributed by atoms with Crippen LogP contribution in [0.2, 0.25) is 0 Å². The summed E-state index contributed by atoms with van der Waals surface area (Å²) in [5, 5.41) is 15.2. The Morgan fingerprint density at radius 3 is 2.72 bits per heavy atom. The summed E-state index contributed by atoms with van der Waals surface area (Å²) >= 11 is 0. The van der Waals surface area contributed by atoms with Crippen LogP contribution in [0.5, 0.6) is 0 Å². The van der Waals surface area contributed by atoms with Crippen LogP contribution in [0.25, 0.3) is 16.9 Å². The molecule has 0 aliphatic rings. The topological polar surface area (TPSA) is 142 Å². The molecule has 0 aliphatic heterocycles. The molecule has 0 spiro atoms. The average molecular weight is 436 g/mol. The van der Waals surface area contributed by atoms with Gasteiger partial charge in [0.15, 0.2) is 18.4 Å². The molecule has 0 bridgehead atoms. The van der Waals surface area contributed by atoms with Gasteiger partial charge in [-0.3, -0.25) is 9.20 Å². The minimum atomic E-state index is -0.500. The lowest BCUT2D eigenvalue weighted by Crippen LogP contribution is -2.42. The van der Waals surface area contributed by atoms with Crippen LogP contribution in [0.15, 0.2) is 47.4 Å². The van der Waals surface area contributed by atoms with Crippen LogP contribution in [0.3, 0.4) is 0 Å². The van der Waals surface area contributed by atoms with Crippen molar-refractivity contribution in [3.8, 4) is 11.3 Å². The first-order valence-electron chi connectivity index (χ1n) is 9.85. The summed E-state index contributed by atoms with van der Waals surface area (Å²) in [6.07, 6.45) is 5.53. The van der Waals surface area contributed by atoms with E-state index in [1.807, 2.05) is 54.3 Å². The van der Waals surface area contributed by atoms with Crippen LogP contribution < -0.4 is 20.7 Å². The number of hydrogen-bond donors (Lipinski definition) is 2. The van der Waals surface area contributed by atoms with Gasteiger partial charge in [-0.15, -0.1) is 0 Å². The number of imidazole rings is 1. The molecule has 4 heterocycles. The maximum absolute atomic E-state index is 12.6. The number of anilines is 1. The summed E-state index contributed by atoms with van der Waals surface area (Å²) in [4.78, 5) is 25.3. The number of fused-ring (bicyclic) bond motifs is 1. The number of hydrogen-bond acceptors (Lipinski definition) is 7. The van der Waals surface area contributed by atoms with E-state index in [0.29, 0.717) is 24.3 Å². The molecule has 4 aromatic heterocycles. The molecule has 0 saturated carbocycles. The van der Waals surface area contributed by atoms with Gasteiger partial charge in [-0.25, -0.2) is 9.55 Å². The van der Waals surface area contributed by atoms with E-state index in [9.17, 15) is 4.79 Å². The molecular formula is C22H24N6O4. The molecule has 4 aromatic rings. The number of nitrogens with two attached hydrogens (primary N) is 1. The Hall–Kier alpha value is -4.21. The first-order chi connectivity index (χ1) is 15.3. The third-order valence-electron chi connectivity index (χ3n) is 4.98. The first kappa shape index (κ1) is 22.5. The van der Waals surface area contributed by atoms with Crippen molar-refractivity contribution in [2.24, 2.45) is 0 Å². The molecule has 0 aromatic carbocycles. The van der Waals surface area contributed by atoms with Crippen LogP contribution in [0, 0.1) is 20.8 Å². The van der Waals surface area contributed by atoms with Gasteiger partial charge in [0.05, 0.1) is 29.7 Å². The van der Waals surface area contributed by atoms with Crippen molar-refractivity contribution in [1.82, 2.24) is 19.9 Å². The highest BCUT2D eigenvalue weighted by atomic mass is 16.5. The number of carboxylic acid groups (broad SMARTS) is 1. The quantitative estimate of drug-likeness (QED) is 0.344. The van der Waals surface area contributed by atoms with Crippen molar-refractivity contribution in [1.29, 1.82) is 0 Å². The number of aromatic nitrogens is 4. The molecule has 32 heavy (non-hydrogen) atoms. The minimum absolute atomic E-state index is 0.136. The zero-order valence-corrected chi connectivity index (χ0v) is 18.0. The first-order valence-corrected chi connectivity index (χ1v) is 9.85. The van der Waals surface area contributed by atoms with Gasteiger partial charge in [0.25, 0.3) is 5.91 Å². The monoisotopic (exact) mass is 436 g/mol. The Morgan fingerprint density at radius 1 is 1.31 bits per heavy atom. The summed E-state index contributed by atoms with van der Waals surface area (Å²) in [7, 11) is 0. The third-order valence-corrected chi connectivity index (χ3v) is 4.98. The van der Waals surface area contributed by atoms with E-state index in [2.05, 4.69) is 15.5 Å². The van der Waals surface area contributed by atoms with Crippen molar-refractivity contribution in [2.45, 2.75) is 27.3 Å². The van der Waals surface area contributed by atoms with E-state index in [-0.39, 0.29) is 5.91 Å². The molecule has 0 aliphatic carbocycles. The van der Waals surface area contributed by atoms with Crippen LogP contribution in [-0.2, 0) is 11.3 Å². The fraction of sp³-hybridized carbons (Fsp3) is 0.227. The van der Waals surface area contributed by atoms with Crippen LogP contribution in [0.1, 0.15) is 27.5 Å². The fourth-order valence-corrected chi connectivity index (χ4v) is 3.46. The number of nitrogen functional groups attached to an aromatic ring is 1. The second-order valence-electron chi connectivity index (χ2n) is 7.13. The number of carbonyl (C=O) groups excluding carboxylic acids is 2. The van der Waals surface area contributed by atoms with Gasteiger partial charge in [0.1, 0.15) is 11.4 Å². The number of nitrogens with one attached hydrogen (secondary N) is 1.